The molecule has 0 heterocycles. The third-order valence-corrected chi connectivity index (χ3v) is 4.79. The summed E-state index contributed by atoms with van der Waals surface area (Å²) in [7, 11) is 0. The van der Waals surface area contributed by atoms with E-state index in [0.717, 1.165) is 11.1 Å². The topological polar surface area (TPSA) is 67.4 Å². The van der Waals surface area contributed by atoms with Crippen molar-refractivity contribution in [2.24, 2.45) is 0 Å². The van der Waals surface area contributed by atoms with Crippen LogP contribution >= 0.6 is 11.6 Å². The first-order valence-electron chi connectivity index (χ1n) is 9.58. The Morgan fingerprint density at radius 2 is 1.70 bits per heavy atom. The van der Waals surface area contributed by atoms with Crippen LogP contribution in [0.2, 0.25) is 5.02 Å². The lowest BCUT2D eigenvalue weighted by atomic mass is 10.2. The molecule has 3 rings (SSSR count). The summed E-state index contributed by atoms with van der Waals surface area (Å²) in [5.74, 6) is 0.0396. The number of carbonyl (C=O) groups is 2. The number of anilines is 1. The summed E-state index contributed by atoms with van der Waals surface area (Å²) in [4.78, 5) is 24.7. The molecule has 3 aromatic rings. The van der Waals surface area contributed by atoms with Gasteiger partial charge in [0.15, 0.2) is 6.10 Å². The Kier molecular flexibility index (Phi) is 7.09. The van der Waals surface area contributed by atoms with Gasteiger partial charge in [0.2, 0.25) is 0 Å². The minimum absolute atomic E-state index is 0.173. The number of rotatable bonds is 7. The summed E-state index contributed by atoms with van der Waals surface area (Å²) in [5.41, 5.74) is 3.10. The fourth-order valence-electron chi connectivity index (χ4n) is 2.79. The average Bonchev–Trinajstić information content (AvgIpc) is 2.75. The zero-order valence-electron chi connectivity index (χ0n) is 16.8. The van der Waals surface area contributed by atoms with Crippen LogP contribution in [-0.4, -0.2) is 17.9 Å². The van der Waals surface area contributed by atoms with Crippen LogP contribution in [0, 0.1) is 6.92 Å². The zero-order chi connectivity index (χ0) is 21.5. The van der Waals surface area contributed by atoms with Gasteiger partial charge in [-0.1, -0.05) is 48.0 Å². The van der Waals surface area contributed by atoms with E-state index in [2.05, 4.69) is 10.6 Å². The van der Waals surface area contributed by atoms with E-state index in [4.69, 9.17) is 16.3 Å². The number of hydrogen-bond donors (Lipinski definition) is 2. The van der Waals surface area contributed by atoms with Crippen molar-refractivity contribution in [1.29, 1.82) is 0 Å². The number of halogens is 1. The molecule has 0 saturated heterocycles. The van der Waals surface area contributed by atoms with Crippen molar-refractivity contribution >= 4 is 29.1 Å². The molecule has 3 aromatic carbocycles. The monoisotopic (exact) mass is 422 g/mol. The number of nitrogens with one attached hydrogen (secondary N) is 2. The zero-order valence-corrected chi connectivity index (χ0v) is 17.6. The van der Waals surface area contributed by atoms with E-state index in [0.29, 0.717) is 28.6 Å². The molecule has 2 N–H and O–H groups in total. The molecule has 154 valence electrons. The van der Waals surface area contributed by atoms with Gasteiger partial charge in [0.25, 0.3) is 11.8 Å². The third kappa shape index (κ3) is 5.84. The van der Waals surface area contributed by atoms with Crippen LogP contribution in [0.3, 0.4) is 0 Å². The minimum Gasteiger partial charge on any atom is -0.481 e. The molecule has 0 radical (unpaired) electrons. The van der Waals surface area contributed by atoms with Gasteiger partial charge in [0.05, 0.1) is 0 Å². The van der Waals surface area contributed by atoms with Gasteiger partial charge in [0, 0.05) is 22.8 Å². The van der Waals surface area contributed by atoms with E-state index in [1.807, 2.05) is 43.3 Å². The maximum atomic E-state index is 12.4. The van der Waals surface area contributed by atoms with Crippen molar-refractivity contribution in [2.75, 3.05) is 5.32 Å². The minimum atomic E-state index is -0.721. The lowest BCUT2D eigenvalue weighted by Crippen LogP contribution is -2.30. The van der Waals surface area contributed by atoms with Gasteiger partial charge in [0.1, 0.15) is 5.75 Å². The molecule has 2 amide bonds. The Bertz CT molecular complexity index is 1020. The van der Waals surface area contributed by atoms with Crippen molar-refractivity contribution in [1.82, 2.24) is 5.32 Å². The highest BCUT2D eigenvalue weighted by Gasteiger charge is 2.16. The third-order valence-electron chi connectivity index (χ3n) is 4.55. The highest BCUT2D eigenvalue weighted by molar-refractivity contribution is 6.31. The number of carbonyl (C=O) groups excluding carboxylic acids is 2. The first-order valence-corrected chi connectivity index (χ1v) is 9.96. The van der Waals surface area contributed by atoms with Gasteiger partial charge in [-0.25, -0.2) is 0 Å². The van der Waals surface area contributed by atoms with Gasteiger partial charge < -0.3 is 15.4 Å². The van der Waals surface area contributed by atoms with E-state index >= 15 is 0 Å². The maximum absolute atomic E-state index is 12.4. The van der Waals surface area contributed by atoms with Crippen LogP contribution in [0.25, 0.3) is 0 Å². The normalized spacial score (nSPS) is 11.4. The van der Waals surface area contributed by atoms with Crippen LogP contribution in [0.5, 0.6) is 5.75 Å². The summed E-state index contributed by atoms with van der Waals surface area (Å²) < 4.78 is 5.71. The van der Waals surface area contributed by atoms with Gasteiger partial charge >= 0.3 is 0 Å². The van der Waals surface area contributed by atoms with E-state index in [9.17, 15) is 9.59 Å². The highest BCUT2D eigenvalue weighted by atomic mass is 35.5. The quantitative estimate of drug-likeness (QED) is 0.564. The maximum Gasteiger partial charge on any atom is 0.265 e. The summed E-state index contributed by atoms with van der Waals surface area (Å²) in [6, 6.07) is 21.7. The summed E-state index contributed by atoms with van der Waals surface area (Å²) in [6.07, 6.45) is -0.721. The molecular formula is C24H23ClN2O3. The smallest absolute Gasteiger partial charge is 0.265 e. The summed E-state index contributed by atoms with van der Waals surface area (Å²) >= 11 is 5.99. The molecule has 0 aliphatic heterocycles. The first kappa shape index (κ1) is 21.4. The Morgan fingerprint density at radius 1 is 1.00 bits per heavy atom. The lowest BCUT2D eigenvalue weighted by Gasteiger charge is -2.16. The van der Waals surface area contributed by atoms with Crippen molar-refractivity contribution < 1.29 is 14.3 Å². The van der Waals surface area contributed by atoms with Crippen LogP contribution in [-0.2, 0) is 11.3 Å². The highest BCUT2D eigenvalue weighted by Crippen LogP contribution is 2.21. The molecule has 0 spiro atoms. The molecule has 0 unspecified atom stereocenters. The van der Waals surface area contributed by atoms with Crippen molar-refractivity contribution in [3.63, 3.8) is 0 Å². The SMILES string of the molecule is Cc1ccc(Cl)cc1NC(=O)[C@@H](C)Oc1ccc(C(=O)NCc2ccccc2)cc1. The Hall–Kier alpha value is -3.31. The van der Waals surface area contributed by atoms with Crippen LogP contribution < -0.4 is 15.4 Å². The number of aryl methyl sites for hydroxylation is 1. The molecule has 0 aliphatic carbocycles. The average molecular weight is 423 g/mol. The largest absolute Gasteiger partial charge is 0.481 e. The fraction of sp³-hybridized carbons (Fsp3) is 0.167. The number of benzene rings is 3. The fourth-order valence-corrected chi connectivity index (χ4v) is 2.96. The van der Waals surface area contributed by atoms with E-state index in [1.165, 1.54) is 0 Å². The Morgan fingerprint density at radius 3 is 2.40 bits per heavy atom. The molecule has 1 atom stereocenters. The second-order valence-corrected chi connectivity index (χ2v) is 7.34. The van der Waals surface area contributed by atoms with Crippen molar-refractivity contribution in [3.05, 3.63) is 94.5 Å². The Balaban J connectivity index is 1.54. The molecule has 0 aromatic heterocycles. The number of amides is 2. The molecule has 6 heteroatoms. The molecule has 5 nitrogen and oxygen atoms in total. The Labute approximate surface area is 181 Å². The van der Waals surface area contributed by atoms with E-state index in [-0.39, 0.29) is 11.8 Å². The molecule has 0 bridgehead atoms. The predicted octanol–water partition coefficient (Wildman–Crippen LogP) is 4.98. The lowest BCUT2D eigenvalue weighted by molar-refractivity contribution is -0.122. The van der Waals surface area contributed by atoms with Gasteiger partial charge in [-0.2, -0.15) is 0 Å². The standard InChI is InChI=1S/C24H23ClN2O3/c1-16-8-11-20(25)14-22(16)27-23(28)17(2)30-21-12-9-19(10-13-21)24(29)26-15-18-6-4-3-5-7-18/h3-14,17H,15H2,1-2H3,(H,26,29)(H,27,28)/t17-/m1/s1. The molecule has 0 saturated carbocycles. The van der Waals surface area contributed by atoms with Crippen LogP contribution in [0.4, 0.5) is 5.69 Å². The number of hydrogen-bond acceptors (Lipinski definition) is 3. The molecule has 0 aliphatic rings. The molecule has 30 heavy (non-hydrogen) atoms. The van der Waals surface area contributed by atoms with E-state index < -0.39 is 6.10 Å². The van der Waals surface area contributed by atoms with Crippen molar-refractivity contribution in [3.8, 4) is 5.75 Å². The van der Waals surface area contributed by atoms with Crippen LogP contribution in [0.15, 0.2) is 72.8 Å². The first-order chi connectivity index (χ1) is 14.4. The van der Waals surface area contributed by atoms with Gasteiger partial charge in [-0.15, -0.1) is 0 Å². The molecule has 0 fully saturated rings. The van der Waals surface area contributed by atoms with Gasteiger partial charge in [-0.3, -0.25) is 9.59 Å². The second-order valence-electron chi connectivity index (χ2n) is 6.90. The van der Waals surface area contributed by atoms with Crippen LogP contribution in [0.1, 0.15) is 28.4 Å². The number of ether oxygens (including phenoxy) is 1. The van der Waals surface area contributed by atoms with Crippen molar-refractivity contribution in [2.45, 2.75) is 26.5 Å². The van der Waals surface area contributed by atoms with Gasteiger partial charge in [-0.05, 0) is 61.4 Å². The summed E-state index contributed by atoms with van der Waals surface area (Å²) in [6.45, 7) is 4.01. The second kappa shape index (κ2) is 9.94. The predicted molar refractivity (Wildman–Crippen MR) is 119 cm³/mol. The molecular weight excluding hydrogens is 400 g/mol. The summed E-state index contributed by atoms with van der Waals surface area (Å²) in [5, 5.41) is 6.24. The van der Waals surface area contributed by atoms with E-state index in [1.54, 1.807) is 43.3 Å².